The fourth-order valence-corrected chi connectivity index (χ4v) is 3.11. The fourth-order valence-electron chi connectivity index (χ4n) is 2.90. The Morgan fingerprint density at radius 2 is 1.09 bits per heavy atom. The summed E-state index contributed by atoms with van der Waals surface area (Å²) in [5.41, 5.74) is 1.91. The summed E-state index contributed by atoms with van der Waals surface area (Å²) in [6, 6.07) is 21.2. The van der Waals surface area contributed by atoms with Crippen molar-refractivity contribution in [3.8, 4) is 0 Å². The van der Waals surface area contributed by atoms with Crippen LogP contribution < -0.4 is 10.6 Å². The van der Waals surface area contributed by atoms with Crippen molar-refractivity contribution in [2.24, 2.45) is 0 Å². The van der Waals surface area contributed by atoms with Crippen LogP contribution in [0.1, 0.15) is 11.1 Å². The molecule has 0 spiro atoms. The number of pyridine rings is 1. The Morgan fingerprint density at radius 3 is 1.49 bits per heavy atom. The Hall–Kier alpha value is -4.24. The molecule has 0 atom stereocenters. The maximum Gasteiger partial charge on any atom is 0.397 e. The SMILES string of the molecule is O=C(Nc1cc(Cl)cc(NC(=O)C(=O)OCCc2ccccc2)n1)C(=O)OCCc1ccccc1. The monoisotopic (exact) mass is 495 g/mol. The van der Waals surface area contributed by atoms with Gasteiger partial charge < -0.3 is 20.1 Å². The highest BCUT2D eigenvalue weighted by atomic mass is 35.5. The van der Waals surface area contributed by atoms with Crippen molar-refractivity contribution >= 4 is 47.0 Å². The summed E-state index contributed by atoms with van der Waals surface area (Å²) in [6.07, 6.45) is 0.903. The molecule has 10 heteroatoms. The smallest absolute Gasteiger partial charge is 0.397 e. The highest BCUT2D eigenvalue weighted by Gasteiger charge is 2.19. The summed E-state index contributed by atoms with van der Waals surface area (Å²) in [4.78, 5) is 52.1. The molecule has 0 saturated heterocycles. The Morgan fingerprint density at radius 1 is 0.686 bits per heavy atom. The largest absolute Gasteiger partial charge is 0.458 e. The van der Waals surface area contributed by atoms with Crippen LogP contribution in [0.25, 0.3) is 0 Å². The van der Waals surface area contributed by atoms with E-state index in [9.17, 15) is 19.2 Å². The quantitative estimate of drug-likeness (QED) is 0.363. The van der Waals surface area contributed by atoms with E-state index in [1.165, 1.54) is 12.1 Å². The maximum absolute atomic E-state index is 12.1. The zero-order valence-corrected chi connectivity index (χ0v) is 19.3. The average molecular weight is 496 g/mol. The van der Waals surface area contributed by atoms with Gasteiger partial charge in [-0.05, 0) is 23.3 Å². The molecule has 2 N–H and O–H groups in total. The number of nitrogens with zero attached hydrogens (tertiary/aromatic N) is 1. The molecule has 0 unspecified atom stereocenters. The lowest BCUT2D eigenvalue weighted by molar-refractivity contribution is -0.152. The molecule has 3 rings (SSSR count). The predicted octanol–water partition coefficient (Wildman–Crippen LogP) is 3.18. The molecule has 3 aromatic rings. The lowest BCUT2D eigenvalue weighted by atomic mass is 10.2. The zero-order valence-electron chi connectivity index (χ0n) is 18.5. The predicted molar refractivity (Wildman–Crippen MR) is 129 cm³/mol. The summed E-state index contributed by atoms with van der Waals surface area (Å²) in [6.45, 7) is 0.0415. The van der Waals surface area contributed by atoms with Gasteiger partial charge in [0.25, 0.3) is 0 Å². The minimum atomic E-state index is -1.10. The summed E-state index contributed by atoms with van der Waals surface area (Å²) in [5, 5.41) is 4.60. The highest BCUT2D eigenvalue weighted by molar-refractivity contribution is 6.38. The number of hydrogen-bond donors (Lipinski definition) is 2. The highest BCUT2D eigenvalue weighted by Crippen LogP contribution is 2.19. The summed E-state index contributed by atoms with van der Waals surface area (Å²) in [5.74, 6) is -4.56. The number of rotatable bonds is 8. The minimum Gasteiger partial charge on any atom is -0.458 e. The van der Waals surface area contributed by atoms with Crippen LogP contribution in [-0.2, 0) is 41.5 Å². The van der Waals surface area contributed by atoms with Crippen molar-refractivity contribution in [1.82, 2.24) is 4.98 Å². The van der Waals surface area contributed by atoms with E-state index >= 15 is 0 Å². The topological polar surface area (TPSA) is 124 Å². The van der Waals surface area contributed by atoms with E-state index in [0.717, 1.165) is 11.1 Å². The second-order valence-electron chi connectivity index (χ2n) is 7.21. The number of ether oxygens (including phenoxy) is 2. The second-order valence-corrected chi connectivity index (χ2v) is 7.64. The van der Waals surface area contributed by atoms with Gasteiger partial charge in [-0.2, -0.15) is 0 Å². The molecule has 35 heavy (non-hydrogen) atoms. The Balaban J connectivity index is 1.47. The first-order valence-electron chi connectivity index (χ1n) is 10.6. The van der Waals surface area contributed by atoms with E-state index in [-0.39, 0.29) is 29.9 Å². The molecule has 1 aromatic heterocycles. The number of nitrogens with one attached hydrogen (secondary N) is 2. The third kappa shape index (κ3) is 8.56. The van der Waals surface area contributed by atoms with Gasteiger partial charge in [-0.25, -0.2) is 14.6 Å². The fraction of sp³-hybridized carbons (Fsp3) is 0.160. The van der Waals surface area contributed by atoms with Gasteiger partial charge in [0.15, 0.2) is 0 Å². The van der Waals surface area contributed by atoms with Crippen molar-refractivity contribution in [2.75, 3.05) is 23.8 Å². The average Bonchev–Trinajstić information content (AvgIpc) is 2.84. The van der Waals surface area contributed by atoms with Crippen LogP contribution in [0.2, 0.25) is 5.02 Å². The molecule has 1 heterocycles. The molecule has 0 aliphatic carbocycles. The van der Waals surface area contributed by atoms with Crippen molar-refractivity contribution in [3.63, 3.8) is 0 Å². The molecule has 9 nitrogen and oxygen atoms in total. The van der Waals surface area contributed by atoms with Crippen molar-refractivity contribution in [1.29, 1.82) is 0 Å². The molecule has 0 fully saturated rings. The van der Waals surface area contributed by atoms with Gasteiger partial charge in [-0.1, -0.05) is 72.3 Å². The van der Waals surface area contributed by atoms with Crippen LogP contribution in [0.5, 0.6) is 0 Å². The Kier molecular flexibility index (Phi) is 9.32. The third-order valence-electron chi connectivity index (χ3n) is 4.58. The van der Waals surface area contributed by atoms with Gasteiger partial charge in [0.05, 0.1) is 13.2 Å². The van der Waals surface area contributed by atoms with Gasteiger partial charge >= 0.3 is 23.8 Å². The van der Waals surface area contributed by atoms with Gasteiger partial charge in [-0.3, -0.25) is 9.59 Å². The van der Waals surface area contributed by atoms with E-state index in [1.807, 2.05) is 60.7 Å². The number of esters is 2. The molecule has 0 saturated carbocycles. The normalized spacial score (nSPS) is 10.2. The van der Waals surface area contributed by atoms with Crippen LogP contribution in [0.3, 0.4) is 0 Å². The number of anilines is 2. The molecule has 0 radical (unpaired) electrons. The number of hydrogen-bond acceptors (Lipinski definition) is 7. The first kappa shape index (κ1) is 25.4. The van der Waals surface area contributed by atoms with E-state index in [2.05, 4.69) is 15.6 Å². The number of carbonyl (C=O) groups is 4. The molecule has 0 aliphatic heterocycles. The standard InChI is InChI=1S/C25H22ClN3O6/c26-19-15-20(28-22(30)24(32)34-13-11-17-7-3-1-4-8-17)27-21(16-19)29-23(31)25(33)35-14-12-18-9-5-2-6-10-18/h1-10,15-16H,11-14H2,(H2,27,28,29,30,31). The van der Waals surface area contributed by atoms with Gasteiger partial charge in [0.2, 0.25) is 0 Å². The number of amides is 2. The molecule has 0 bridgehead atoms. The molecule has 2 amide bonds. The Bertz CT molecular complexity index is 1100. The molecular formula is C25H22ClN3O6. The third-order valence-corrected chi connectivity index (χ3v) is 4.80. The maximum atomic E-state index is 12.1. The van der Waals surface area contributed by atoms with Crippen molar-refractivity contribution in [2.45, 2.75) is 12.8 Å². The first-order valence-corrected chi connectivity index (χ1v) is 11.0. The van der Waals surface area contributed by atoms with Crippen molar-refractivity contribution < 1.29 is 28.7 Å². The molecular weight excluding hydrogens is 474 g/mol. The van der Waals surface area contributed by atoms with Gasteiger partial charge in [0.1, 0.15) is 11.6 Å². The Labute approximate surface area is 206 Å². The lowest BCUT2D eigenvalue weighted by Gasteiger charge is -2.09. The molecule has 180 valence electrons. The lowest BCUT2D eigenvalue weighted by Crippen LogP contribution is -2.27. The molecule has 0 aliphatic rings. The van der Waals surface area contributed by atoms with Crippen LogP contribution in [0.15, 0.2) is 72.8 Å². The zero-order chi connectivity index (χ0) is 25.0. The summed E-state index contributed by atoms with van der Waals surface area (Å²) < 4.78 is 9.93. The number of benzene rings is 2. The van der Waals surface area contributed by atoms with Crippen LogP contribution in [0.4, 0.5) is 11.6 Å². The number of carbonyl (C=O) groups excluding carboxylic acids is 4. The second kappa shape index (κ2) is 12.9. The number of halogens is 1. The first-order chi connectivity index (χ1) is 16.9. The summed E-state index contributed by atoms with van der Waals surface area (Å²) in [7, 11) is 0. The van der Waals surface area contributed by atoms with E-state index in [1.54, 1.807) is 0 Å². The van der Waals surface area contributed by atoms with Crippen LogP contribution in [0, 0.1) is 0 Å². The summed E-state index contributed by atoms with van der Waals surface area (Å²) >= 11 is 6.00. The minimum absolute atomic E-state index is 0.0208. The van der Waals surface area contributed by atoms with E-state index < -0.39 is 23.8 Å². The van der Waals surface area contributed by atoms with Gasteiger partial charge in [-0.15, -0.1) is 0 Å². The van der Waals surface area contributed by atoms with Crippen LogP contribution in [-0.4, -0.2) is 42.0 Å². The van der Waals surface area contributed by atoms with Crippen LogP contribution >= 0.6 is 11.6 Å². The van der Waals surface area contributed by atoms with E-state index in [0.29, 0.717) is 12.8 Å². The van der Waals surface area contributed by atoms with Gasteiger partial charge in [0, 0.05) is 17.9 Å². The van der Waals surface area contributed by atoms with Crippen molar-refractivity contribution in [3.05, 3.63) is 88.9 Å². The van der Waals surface area contributed by atoms with E-state index in [4.69, 9.17) is 21.1 Å². The number of aromatic nitrogens is 1. The molecule has 2 aromatic carbocycles.